The Labute approximate surface area is 113 Å². The molecule has 1 aliphatic heterocycles. The molecule has 1 aliphatic rings. The highest BCUT2D eigenvalue weighted by Crippen LogP contribution is 2.15. The molecule has 0 N–H and O–H groups in total. The van der Waals surface area contributed by atoms with E-state index in [0.29, 0.717) is 13.1 Å². The molecular formula is C12H21N5O2. The van der Waals surface area contributed by atoms with Crippen molar-refractivity contribution in [3.63, 3.8) is 0 Å². The van der Waals surface area contributed by atoms with Crippen LogP contribution in [0.4, 0.5) is 10.6 Å². The van der Waals surface area contributed by atoms with Crippen LogP contribution in [0.1, 0.15) is 20.8 Å². The Morgan fingerprint density at radius 2 is 1.89 bits per heavy atom. The minimum absolute atomic E-state index is 0.244. The molecule has 7 heteroatoms. The van der Waals surface area contributed by atoms with E-state index in [1.54, 1.807) is 9.58 Å². The first-order chi connectivity index (χ1) is 8.85. The van der Waals surface area contributed by atoms with Gasteiger partial charge in [-0.1, -0.05) is 5.21 Å². The van der Waals surface area contributed by atoms with Gasteiger partial charge in [-0.05, 0) is 20.8 Å². The van der Waals surface area contributed by atoms with E-state index >= 15 is 0 Å². The average Bonchev–Trinajstić information content (AvgIpc) is 2.74. The molecule has 0 radical (unpaired) electrons. The van der Waals surface area contributed by atoms with Gasteiger partial charge >= 0.3 is 6.09 Å². The SMILES string of the molecule is Cn1cc(N2CCN(C(=O)OC(C)(C)C)CC2)nn1. The molecule has 1 amide bonds. The third-order valence-corrected chi connectivity index (χ3v) is 2.85. The second kappa shape index (κ2) is 5.07. The lowest BCUT2D eigenvalue weighted by Gasteiger charge is -2.35. The molecule has 1 aromatic heterocycles. The van der Waals surface area contributed by atoms with Crippen LogP contribution in [-0.4, -0.2) is 57.8 Å². The summed E-state index contributed by atoms with van der Waals surface area (Å²) >= 11 is 0. The molecule has 0 spiro atoms. The van der Waals surface area contributed by atoms with E-state index in [0.717, 1.165) is 18.9 Å². The fraction of sp³-hybridized carbons (Fsp3) is 0.750. The topological polar surface area (TPSA) is 63.5 Å². The maximum atomic E-state index is 11.9. The first-order valence-corrected chi connectivity index (χ1v) is 6.44. The Balaban J connectivity index is 1.87. The molecule has 0 aliphatic carbocycles. The molecular weight excluding hydrogens is 246 g/mol. The van der Waals surface area contributed by atoms with Gasteiger partial charge in [-0.3, -0.25) is 4.68 Å². The minimum Gasteiger partial charge on any atom is -0.444 e. The number of carbonyl (C=O) groups is 1. The molecule has 0 atom stereocenters. The van der Waals surface area contributed by atoms with Crippen molar-refractivity contribution < 1.29 is 9.53 Å². The molecule has 106 valence electrons. The monoisotopic (exact) mass is 267 g/mol. The number of ether oxygens (including phenoxy) is 1. The number of hydrogen-bond acceptors (Lipinski definition) is 5. The van der Waals surface area contributed by atoms with Crippen molar-refractivity contribution in [2.45, 2.75) is 26.4 Å². The van der Waals surface area contributed by atoms with Crippen molar-refractivity contribution in [3.8, 4) is 0 Å². The van der Waals surface area contributed by atoms with Gasteiger partial charge in [0.1, 0.15) is 5.60 Å². The lowest BCUT2D eigenvalue weighted by molar-refractivity contribution is 0.0240. The van der Waals surface area contributed by atoms with Gasteiger partial charge in [0.2, 0.25) is 0 Å². The molecule has 19 heavy (non-hydrogen) atoms. The number of rotatable bonds is 1. The van der Waals surface area contributed by atoms with Crippen LogP contribution >= 0.6 is 0 Å². The van der Waals surface area contributed by atoms with Crippen LogP contribution in [0.2, 0.25) is 0 Å². The Morgan fingerprint density at radius 1 is 1.26 bits per heavy atom. The van der Waals surface area contributed by atoms with Gasteiger partial charge in [0.25, 0.3) is 0 Å². The number of aryl methyl sites for hydroxylation is 1. The quantitative estimate of drug-likeness (QED) is 0.755. The summed E-state index contributed by atoms with van der Waals surface area (Å²) in [6.07, 6.45) is 1.63. The molecule has 7 nitrogen and oxygen atoms in total. The molecule has 2 heterocycles. The van der Waals surface area contributed by atoms with Crippen molar-refractivity contribution in [1.29, 1.82) is 0 Å². The molecule has 1 aromatic rings. The fourth-order valence-corrected chi connectivity index (χ4v) is 1.92. The number of amides is 1. The highest BCUT2D eigenvalue weighted by molar-refractivity contribution is 5.68. The van der Waals surface area contributed by atoms with Crippen LogP contribution in [0.25, 0.3) is 0 Å². The standard InChI is InChI=1S/C12H21N5O2/c1-12(2,3)19-11(18)17-7-5-16(6-8-17)10-9-15(4)14-13-10/h9H,5-8H2,1-4H3. The maximum absolute atomic E-state index is 11.9. The van der Waals surface area contributed by atoms with Crippen molar-refractivity contribution in [1.82, 2.24) is 19.9 Å². The summed E-state index contributed by atoms with van der Waals surface area (Å²) in [5.41, 5.74) is -0.445. The highest BCUT2D eigenvalue weighted by atomic mass is 16.6. The average molecular weight is 267 g/mol. The Bertz CT molecular complexity index is 443. The molecule has 2 rings (SSSR count). The number of carbonyl (C=O) groups excluding carboxylic acids is 1. The van der Waals surface area contributed by atoms with Crippen LogP contribution in [0, 0.1) is 0 Å². The van der Waals surface area contributed by atoms with Gasteiger partial charge in [0, 0.05) is 33.2 Å². The molecule has 0 saturated carbocycles. The Hall–Kier alpha value is -1.79. The number of hydrogen-bond donors (Lipinski definition) is 0. The van der Waals surface area contributed by atoms with Gasteiger partial charge in [0.05, 0.1) is 6.20 Å². The molecule has 0 bridgehead atoms. The smallest absolute Gasteiger partial charge is 0.410 e. The van der Waals surface area contributed by atoms with E-state index in [2.05, 4.69) is 15.2 Å². The zero-order chi connectivity index (χ0) is 14.0. The van der Waals surface area contributed by atoms with Crippen molar-refractivity contribution in [2.24, 2.45) is 7.05 Å². The van der Waals surface area contributed by atoms with Crippen LogP contribution in [-0.2, 0) is 11.8 Å². The number of piperazine rings is 1. The molecule has 0 aromatic carbocycles. The number of aromatic nitrogens is 3. The summed E-state index contributed by atoms with van der Waals surface area (Å²) in [6.45, 7) is 8.41. The molecule has 0 unspecified atom stereocenters. The Morgan fingerprint density at radius 3 is 2.37 bits per heavy atom. The first kappa shape index (κ1) is 13.6. The van der Waals surface area contributed by atoms with Crippen molar-refractivity contribution in [3.05, 3.63) is 6.20 Å². The third-order valence-electron chi connectivity index (χ3n) is 2.85. The number of anilines is 1. The highest BCUT2D eigenvalue weighted by Gasteiger charge is 2.26. The van der Waals surface area contributed by atoms with Gasteiger partial charge in [-0.25, -0.2) is 4.79 Å². The first-order valence-electron chi connectivity index (χ1n) is 6.44. The van der Waals surface area contributed by atoms with Gasteiger partial charge < -0.3 is 14.5 Å². The van der Waals surface area contributed by atoms with Crippen LogP contribution < -0.4 is 4.90 Å². The Kier molecular flexibility index (Phi) is 3.64. The lowest BCUT2D eigenvalue weighted by Crippen LogP contribution is -2.50. The van der Waals surface area contributed by atoms with Gasteiger partial charge in [0.15, 0.2) is 5.82 Å². The van der Waals surface area contributed by atoms with Crippen molar-refractivity contribution >= 4 is 11.9 Å². The zero-order valence-corrected chi connectivity index (χ0v) is 12.0. The van der Waals surface area contributed by atoms with Gasteiger partial charge in [-0.15, -0.1) is 5.10 Å². The second-order valence-electron chi connectivity index (χ2n) is 5.70. The summed E-state index contributed by atoms with van der Waals surface area (Å²) in [5.74, 6) is 0.853. The summed E-state index contributed by atoms with van der Waals surface area (Å²) in [6, 6.07) is 0. The largest absolute Gasteiger partial charge is 0.444 e. The normalized spacial score (nSPS) is 16.6. The minimum atomic E-state index is -0.445. The molecule has 1 fully saturated rings. The van der Waals surface area contributed by atoms with Crippen LogP contribution in [0.5, 0.6) is 0 Å². The van der Waals surface area contributed by atoms with E-state index in [1.807, 2.05) is 34.0 Å². The lowest BCUT2D eigenvalue weighted by atomic mass is 10.2. The number of nitrogens with zero attached hydrogens (tertiary/aromatic N) is 5. The fourth-order valence-electron chi connectivity index (χ4n) is 1.92. The maximum Gasteiger partial charge on any atom is 0.410 e. The van der Waals surface area contributed by atoms with E-state index < -0.39 is 5.60 Å². The summed E-state index contributed by atoms with van der Waals surface area (Å²) in [5, 5.41) is 7.99. The van der Waals surface area contributed by atoms with E-state index in [1.165, 1.54) is 0 Å². The predicted molar refractivity (Wildman–Crippen MR) is 71.0 cm³/mol. The van der Waals surface area contributed by atoms with E-state index in [-0.39, 0.29) is 6.09 Å². The zero-order valence-electron chi connectivity index (χ0n) is 12.0. The van der Waals surface area contributed by atoms with Crippen molar-refractivity contribution in [2.75, 3.05) is 31.1 Å². The molecule has 1 saturated heterocycles. The van der Waals surface area contributed by atoms with Crippen LogP contribution in [0.15, 0.2) is 6.20 Å². The predicted octanol–water partition coefficient (Wildman–Crippen LogP) is 0.872. The van der Waals surface area contributed by atoms with Gasteiger partial charge in [-0.2, -0.15) is 0 Å². The van der Waals surface area contributed by atoms with E-state index in [9.17, 15) is 4.79 Å². The third kappa shape index (κ3) is 3.59. The van der Waals surface area contributed by atoms with Crippen LogP contribution in [0.3, 0.4) is 0 Å². The summed E-state index contributed by atoms with van der Waals surface area (Å²) in [4.78, 5) is 15.8. The summed E-state index contributed by atoms with van der Waals surface area (Å²) in [7, 11) is 1.84. The second-order valence-corrected chi connectivity index (χ2v) is 5.70. The van der Waals surface area contributed by atoms with E-state index in [4.69, 9.17) is 4.74 Å². The summed E-state index contributed by atoms with van der Waals surface area (Å²) < 4.78 is 7.03.